The number of alkyl halides is 2. The molecule has 0 bridgehead atoms. The van der Waals surface area contributed by atoms with Crippen molar-refractivity contribution < 1.29 is 23.1 Å². The molecule has 12 heteroatoms. The molecule has 5 heterocycles. The van der Waals surface area contributed by atoms with Crippen molar-refractivity contribution in [2.45, 2.75) is 51.1 Å². The molecule has 1 fully saturated rings. The lowest BCUT2D eigenvalue weighted by Crippen LogP contribution is -2.42. The van der Waals surface area contributed by atoms with Crippen molar-refractivity contribution in [3.05, 3.63) is 58.5 Å². The Bertz CT molecular complexity index is 1480. The molecule has 6 rings (SSSR count). The topological polar surface area (TPSA) is 105 Å². The molecule has 1 saturated heterocycles. The summed E-state index contributed by atoms with van der Waals surface area (Å²) in [5.41, 5.74) is 4.80. The number of pyridine rings is 1. The van der Waals surface area contributed by atoms with Gasteiger partial charge in [0.2, 0.25) is 0 Å². The number of aromatic nitrogens is 3. The maximum atomic E-state index is 14.6. The molecule has 0 aliphatic carbocycles. The summed E-state index contributed by atoms with van der Waals surface area (Å²) >= 11 is 0. The monoisotopic (exact) mass is 579 g/mol. The van der Waals surface area contributed by atoms with Gasteiger partial charge in [0, 0.05) is 81.1 Å². The molecular weight excluding hydrogens is 544 g/mol. The van der Waals surface area contributed by atoms with Gasteiger partial charge in [-0.15, -0.1) is 0 Å². The van der Waals surface area contributed by atoms with E-state index in [0.29, 0.717) is 56.1 Å². The minimum atomic E-state index is -2.72. The van der Waals surface area contributed by atoms with Crippen LogP contribution in [0, 0.1) is 0 Å². The third-order valence-electron chi connectivity index (χ3n) is 8.50. The van der Waals surface area contributed by atoms with Gasteiger partial charge in [-0.25, -0.2) is 13.6 Å². The first-order valence-electron chi connectivity index (χ1n) is 14.4. The normalized spacial score (nSPS) is 17.2. The SMILES string of the molecule is CNC(=O)c1ccc(-c2cc3c(cc2C(F)F)N(c2nn(C4CCOCC4)c4c2CN(C(=O)NC)CC4)CCC3)cn1. The summed E-state index contributed by atoms with van der Waals surface area (Å²) in [5, 5.41) is 10.4. The molecule has 3 amide bonds. The molecule has 0 atom stereocenters. The summed E-state index contributed by atoms with van der Waals surface area (Å²) in [4.78, 5) is 32.6. The second-order valence-corrected chi connectivity index (χ2v) is 10.9. The van der Waals surface area contributed by atoms with E-state index in [0.717, 1.165) is 48.3 Å². The summed E-state index contributed by atoms with van der Waals surface area (Å²) in [6.07, 6.45) is 2.70. The molecule has 3 aliphatic heterocycles. The van der Waals surface area contributed by atoms with Crippen molar-refractivity contribution in [3.8, 4) is 11.1 Å². The van der Waals surface area contributed by atoms with E-state index in [4.69, 9.17) is 9.84 Å². The fourth-order valence-electron chi connectivity index (χ4n) is 6.32. The highest BCUT2D eigenvalue weighted by Crippen LogP contribution is 2.43. The van der Waals surface area contributed by atoms with Gasteiger partial charge in [-0.3, -0.25) is 14.5 Å². The molecule has 0 unspecified atom stereocenters. The predicted octanol–water partition coefficient (Wildman–Crippen LogP) is 4.38. The Hall–Kier alpha value is -4.06. The van der Waals surface area contributed by atoms with Crippen LogP contribution >= 0.6 is 0 Å². The Labute approximate surface area is 243 Å². The molecular formula is C30H35F2N7O3. The number of benzene rings is 1. The number of fused-ring (bicyclic) bond motifs is 2. The van der Waals surface area contributed by atoms with Crippen molar-refractivity contribution in [3.63, 3.8) is 0 Å². The van der Waals surface area contributed by atoms with E-state index in [1.807, 2.05) is 6.07 Å². The molecule has 0 saturated carbocycles. The zero-order valence-corrected chi connectivity index (χ0v) is 23.8. The van der Waals surface area contributed by atoms with Gasteiger partial charge < -0.3 is 25.2 Å². The molecule has 222 valence electrons. The average molecular weight is 580 g/mol. The number of rotatable bonds is 5. The number of halogens is 2. The van der Waals surface area contributed by atoms with Gasteiger partial charge in [-0.2, -0.15) is 5.10 Å². The number of anilines is 2. The first-order chi connectivity index (χ1) is 20.4. The predicted molar refractivity (Wildman–Crippen MR) is 153 cm³/mol. The number of carbonyl (C=O) groups excluding carboxylic acids is 2. The summed E-state index contributed by atoms with van der Waals surface area (Å²) in [7, 11) is 3.14. The smallest absolute Gasteiger partial charge is 0.317 e. The van der Waals surface area contributed by atoms with E-state index < -0.39 is 6.43 Å². The number of nitrogens with one attached hydrogen (secondary N) is 2. The van der Waals surface area contributed by atoms with Gasteiger partial charge >= 0.3 is 6.03 Å². The van der Waals surface area contributed by atoms with Crippen LogP contribution < -0.4 is 15.5 Å². The van der Waals surface area contributed by atoms with Crippen LogP contribution in [0.1, 0.15) is 64.6 Å². The van der Waals surface area contributed by atoms with Crippen molar-refractivity contribution in [2.24, 2.45) is 0 Å². The number of urea groups is 1. The highest BCUT2D eigenvalue weighted by Gasteiger charge is 2.34. The van der Waals surface area contributed by atoms with Gasteiger partial charge in [0.15, 0.2) is 5.82 Å². The van der Waals surface area contributed by atoms with Crippen LogP contribution in [0.4, 0.5) is 25.1 Å². The van der Waals surface area contributed by atoms with E-state index in [1.54, 1.807) is 30.1 Å². The van der Waals surface area contributed by atoms with Crippen LogP contribution in [0.25, 0.3) is 11.1 Å². The minimum absolute atomic E-state index is 0.0974. The second-order valence-electron chi connectivity index (χ2n) is 10.9. The van der Waals surface area contributed by atoms with Crippen LogP contribution in [-0.4, -0.2) is 72.0 Å². The van der Waals surface area contributed by atoms with Gasteiger partial charge in [0.25, 0.3) is 12.3 Å². The van der Waals surface area contributed by atoms with Gasteiger partial charge in [-0.1, -0.05) is 6.07 Å². The maximum absolute atomic E-state index is 14.6. The number of hydrogen-bond acceptors (Lipinski definition) is 6. The molecule has 10 nitrogen and oxygen atoms in total. The largest absolute Gasteiger partial charge is 0.381 e. The van der Waals surface area contributed by atoms with Crippen LogP contribution in [0.5, 0.6) is 0 Å². The summed E-state index contributed by atoms with van der Waals surface area (Å²) in [5.74, 6) is 0.394. The van der Waals surface area contributed by atoms with Crippen molar-refractivity contribution >= 4 is 23.4 Å². The summed E-state index contributed by atoms with van der Waals surface area (Å²) < 4.78 is 36.9. The van der Waals surface area contributed by atoms with Gasteiger partial charge in [0.1, 0.15) is 5.69 Å². The van der Waals surface area contributed by atoms with E-state index in [2.05, 4.69) is 25.2 Å². The summed E-state index contributed by atoms with van der Waals surface area (Å²) in [6.45, 7) is 2.97. The van der Waals surface area contributed by atoms with Crippen LogP contribution in [-0.2, 0) is 24.1 Å². The van der Waals surface area contributed by atoms with Gasteiger partial charge in [-0.05, 0) is 55.0 Å². The molecule has 42 heavy (non-hydrogen) atoms. The quantitative estimate of drug-likeness (QED) is 0.465. The zero-order chi connectivity index (χ0) is 29.4. The van der Waals surface area contributed by atoms with Gasteiger partial charge in [0.05, 0.1) is 12.6 Å². The molecule has 0 radical (unpaired) electrons. The highest BCUT2D eigenvalue weighted by atomic mass is 19.3. The minimum Gasteiger partial charge on any atom is -0.381 e. The number of nitrogens with zero attached hydrogens (tertiary/aromatic N) is 5. The van der Waals surface area contributed by atoms with Crippen molar-refractivity contribution in [1.29, 1.82) is 0 Å². The Kier molecular flexibility index (Phi) is 7.80. The number of aryl methyl sites for hydroxylation is 1. The van der Waals surface area contributed by atoms with E-state index in [1.165, 1.54) is 13.2 Å². The Morgan fingerprint density at radius 1 is 1.07 bits per heavy atom. The molecule has 2 aromatic heterocycles. The van der Waals surface area contributed by atoms with Crippen molar-refractivity contribution in [1.82, 2.24) is 30.3 Å². The zero-order valence-electron chi connectivity index (χ0n) is 23.8. The van der Waals surface area contributed by atoms with Crippen LogP contribution in [0.3, 0.4) is 0 Å². The Balaban J connectivity index is 1.43. The molecule has 3 aromatic rings. The maximum Gasteiger partial charge on any atom is 0.317 e. The molecule has 0 spiro atoms. The van der Waals surface area contributed by atoms with E-state index >= 15 is 0 Å². The third kappa shape index (κ3) is 5.08. The Morgan fingerprint density at radius 2 is 1.88 bits per heavy atom. The number of hydrogen-bond donors (Lipinski definition) is 2. The number of amides is 3. The number of ether oxygens (including phenoxy) is 1. The number of carbonyl (C=O) groups is 2. The van der Waals surface area contributed by atoms with E-state index in [9.17, 15) is 18.4 Å². The molecule has 3 aliphatic rings. The standard InChI is InChI=1S/C30H35F2N7O3/c1-33-29(40)24-6-5-19(16-35-24)21-14-18-4-3-10-38(26(18)15-22(21)27(31)32)28-23-17-37(30(41)34-2)11-7-25(23)39(36-28)20-8-12-42-13-9-20/h5-6,14-16,20,27H,3-4,7-13,17H2,1-2H3,(H,33,40)(H,34,41). The first-order valence-corrected chi connectivity index (χ1v) is 14.4. The molecule has 1 aromatic carbocycles. The van der Waals surface area contributed by atoms with Crippen LogP contribution in [0.15, 0.2) is 30.5 Å². The lowest BCUT2D eigenvalue weighted by Gasteiger charge is -2.33. The molecule has 2 N–H and O–H groups in total. The Morgan fingerprint density at radius 3 is 2.57 bits per heavy atom. The van der Waals surface area contributed by atoms with E-state index in [-0.39, 0.29) is 29.2 Å². The highest BCUT2D eigenvalue weighted by molar-refractivity contribution is 5.92. The fourth-order valence-corrected chi connectivity index (χ4v) is 6.32. The third-order valence-corrected chi connectivity index (χ3v) is 8.50. The van der Waals surface area contributed by atoms with Crippen LogP contribution in [0.2, 0.25) is 0 Å². The fraction of sp³-hybridized carbons (Fsp3) is 0.467. The summed E-state index contributed by atoms with van der Waals surface area (Å²) in [6, 6.07) is 6.67. The van der Waals surface area contributed by atoms with Crippen molar-refractivity contribution in [2.75, 3.05) is 45.3 Å². The lowest BCUT2D eigenvalue weighted by atomic mass is 9.92. The lowest BCUT2D eigenvalue weighted by molar-refractivity contribution is 0.0651. The first kappa shape index (κ1) is 28.1. The second kappa shape index (κ2) is 11.7. The average Bonchev–Trinajstić information content (AvgIpc) is 3.42.